The van der Waals surface area contributed by atoms with Crippen LogP contribution in [0.4, 0.5) is 0 Å². The molecule has 0 atom stereocenters. The Balaban J connectivity index is 1.74. The topological polar surface area (TPSA) is 85.8 Å². The minimum absolute atomic E-state index is 0.00230. The van der Waals surface area contributed by atoms with Gasteiger partial charge in [0.15, 0.2) is 0 Å². The van der Waals surface area contributed by atoms with Crippen molar-refractivity contribution in [3.63, 3.8) is 0 Å². The number of hydrogen-bond donors (Lipinski definition) is 0. The summed E-state index contributed by atoms with van der Waals surface area (Å²) in [5.41, 5.74) is 1.74. The average Bonchev–Trinajstić information content (AvgIpc) is 2.82. The summed E-state index contributed by atoms with van der Waals surface area (Å²) in [6.07, 6.45) is 3.19. The minimum atomic E-state index is -3.85. The Morgan fingerprint density at radius 2 is 1.69 bits per heavy atom. The van der Waals surface area contributed by atoms with E-state index < -0.39 is 16.0 Å². The van der Waals surface area contributed by atoms with Crippen LogP contribution in [0.25, 0.3) is 0 Å². The van der Waals surface area contributed by atoms with Crippen LogP contribution in [-0.4, -0.2) is 36.8 Å². The molecule has 3 rings (SSSR count). The molecule has 0 amide bonds. The molecule has 0 aliphatic heterocycles. The van der Waals surface area contributed by atoms with E-state index >= 15 is 0 Å². The van der Waals surface area contributed by atoms with Crippen molar-refractivity contribution in [3.8, 4) is 5.75 Å². The van der Waals surface area contributed by atoms with Gasteiger partial charge < -0.3 is 9.47 Å². The number of carbonyl (C=O) groups excluding carboxylic acids is 1. The third kappa shape index (κ3) is 6.63. The third-order valence-corrected chi connectivity index (χ3v) is 6.52. The number of benzene rings is 2. The fraction of sp³-hybridized carbons (Fsp3) is 0.250. The smallest absolute Gasteiger partial charge is 0.307 e. The number of esters is 1. The molecule has 0 saturated heterocycles. The van der Waals surface area contributed by atoms with E-state index in [0.29, 0.717) is 12.4 Å². The van der Waals surface area contributed by atoms with Crippen molar-refractivity contribution in [1.82, 2.24) is 9.29 Å². The lowest BCUT2D eigenvalue weighted by Gasteiger charge is -2.22. The number of carbonyl (C=O) groups is 1. The molecular weight excluding hydrogens is 428 g/mol. The average molecular weight is 455 g/mol. The number of nitrogens with zero attached hydrogens (tertiary/aromatic N) is 2. The quantitative estimate of drug-likeness (QED) is 0.410. The number of rotatable bonds is 11. The molecule has 0 radical (unpaired) electrons. The summed E-state index contributed by atoms with van der Waals surface area (Å²) in [6, 6.07) is 19.5. The molecule has 2 aromatic carbocycles. The van der Waals surface area contributed by atoms with Gasteiger partial charge in [-0.05, 0) is 48.4 Å². The standard InChI is InChI=1S/C24H26N2O5S/c1-2-30-24(27)14-16-26(18-21-9-6-15-25-17-21)32(28,29)23-12-10-22(11-13-23)31-19-20-7-4-3-5-8-20/h3-13,15,17H,2,14,16,18-19H2,1H3. The van der Waals surface area contributed by atoms with Crippen molar-refractivity contribution >= 4 is 16.0 Å². The minimum Gasteiger partial charge on any atom is -0.489 e. The van der Waals surface area contributed by atoms with Crippen LogP contribution in [0.2, 0.25) is 0 Å². The van der Waals surface area contributed by atoms with E-state index in [2.05, 4.69) is 4.98 Å². The van der Waals surface area contributed by atoms with Crippen LogP contribution < -0.4 is 4.74 Å². The Bertz CT molecular complexity index is 1090. The lowest BCUT2D eigenvalue weighted by molar-refractivity contribution is -0.143. The first-order chi connectivity index (χ1) is 15.5. The molecule has 0 saturated carbocycles. The Kier molecular flexibility index (Phi) is 8.35. The summed E-state index contributed by atoms with van der Waals surface area (Å²) < 4.78 is 38.6. The molecule has 32 heavy (non-hydrogen) atoms. The Morgan fingerprint density at radius 3 is 2.34 bits per heavy atom. The van der Waals surface area contributed by atoms with Crippen LogP contribution in [0.5, 0.6) is 5.75 Å². The molecule has 8 heteroatoms. The monoisotopic (exact) mass is 454 g/mol. The number of hydrogen-bond acceptors (Lipinski definition) is 6. The van der Waals surface area contributed by atoms with E-state index in [1.165, 1.54) is 16.4 Å². The highest BCUT2D eigenvalue weighted by molar-refractivity contribution is 7.89. The van der Waals surface area contributed by atoms with E-state index in [-0.39, 0.29) is 31.0 Å². The normalized spacial score (nSPS) is 11.3. The van der Waals surface area contributed by atoms with Gasteiger partial charge in [0.1, 0.15) is 12.4 Å². The van der Waals surface area contributed by atoms with Crippen molar-refractivity contribution in [1.29, 1.82) is 0 Å². The van der Waals surface area contributed by atoms with Gasteiger partial charge in [0.2, 0.25) is 10.0 Å². The largest absolute Gasteiger partial charge is 0.489 e. The van der Waals surface area contributed by atoms with Crippen molar-refractivity contribution in [2.45, 2.75) is 31.4 Å². The highest BCUT2D eigenvalue weighted by atomic mass is 32.2. The molecule has 1 aromatic heterocycles. The van der Waals surface area contributed by atoms with Gasteiger partial charge in [-0.15, -0.1) is 0 Å². The van der Waals surface area contributed by atoms with Crippen molar-refractivity contribution < 1.29 is 22.7 Å². The van der Waals surface area contributed by atoms with Crippen LogP contribution in [0, 0.1) is 0 Å². The van der Waals surface area contributed by atoms with Gasteiger partial charge in [-0.2, -0.15) is 4.31 Å². The zero-order chi connectivity index (χ0) is 22.8. The molecule has 0 bridgehead atoms. The van der Waals surface area contributed by atoms with Gasteiger partial charge in [-0.25, -0.2) is 8.42 Å². The van der Waals surface area contributed by atoms with Crippen molar-refractivity contribution in [2.75, 3.05) is 13.2 Å². The Morgan fingerprint density at radius 1 is 0.969 bits per heavy atom. The van der Waals surface area contributed by atoms with Gasteiger partial charge >= 0.3 is 5.97 Å². The molecule has 7 nitrogen and oxygen atoms in total. The van der Waals surface area contributed by atoms with Crippen LogP contribution in [-0.2, 0) is 32.7 Å². The Hall–Kier alpha value is -3.23. The molecule has 3 aromatic rings. The summed E-state index contributed by atoms with van der Waals surface area (Å²) in [6.45, 7) is 2.45. The van der Waals surface area contributed by atoms with Crippen molar-refractivity contribution in [2.24, 2.45) is 0 Å². The predicted octanol–water partition coefficient (Wildman–Crippen LogP) is 3.80. The van der Waals surface area contributed by atoms with Gasteiger partial charge in [0.25, 0.3) is 0 Å². The van der Waals surface area contributed by atoms with Crippen LogP contribution >= 0.6 is 0 Å². The number of aromatic nitrogens is 1. The van der Waals surface area contributed by atoms with E-state index in [1.54, 1.807) is 43.6 Å². The molecule has 0 aliphatic carbocycles. The van der Waals surface area contributed by atoms with Crippen LogP contribution in [0.15, 0.2) is 84.0 Å². The number of sulfonamides is 1. The molecular formula is C24H26N2O5S. The molecule has 168 valence electrons. The fourth-order valence-corrected chi connectivity index (χ4v) is 4.46. The van der Waals surface area contributed by atoms with E-state index in [9.17, 15) is 13.2 Å². The van der Waals surface area contributed by atoms with E-state index in [0.717, 1.165) is 11.1 Å². The van der Waals surface area contributed by atoms with Crippen molar-refractivity contribution in [3.05, 3.63) is 90.3 Å². The maximum Gasteiger partial charge on any atom is 0.307 e. The summed E-state index contributed by atoms with van der Waals surface area (Å²) in [4.78, 5) is 16.0. The first-order valence-electron chi connectivity index (χ1n) is 10.3. The number of pyridine rings is 1. The number of ether oxygens (including phenoxy) is 2. The second-order valence-electron chi connectivity index (χ2n) is 7.00. The molecule has 0 unspecified atom stereocenters. The molecule has 1 heterocycles. The highest BCUT2D eigenvalue weighted by Crippen LogP contribution is 2.22. The SMILES string of the molecule is CCOC(=O)CCN(Cc1cccnc1)S(=O)(=O)c1ccc(OCc2ccccc2)cc1. The van der Waals surface area contributed by atoms with Gasteiger partial charge in [-0.3, -0.25) is 9.78 Å². The zero-order valence-corrected chi connectivity index (χ0v) is 18.7. The third-order valence-electron chi connectivity index (χ3n) is 4.66. The zero-order valence-electron chi connectivity index (χ0n) is 17.9. The summed E-state index contributed by atoms with van der Waals surface area (Å²) in [5.74, 6) is 0.127. The summed E-state index contributed by atoms with van der Waals surface area (Å²) in [5, 5.41) is 0. The molecule has 0 aliphatic rings. The lowest BCUT2D eigenvalue weighted by Crippen LogP contribution is -2.33. The Labute approximate surface area is 188 Å². The fourth-order valence-electron chi connectivity index (χ4n) is 3.03. The van der Waals surface area contributed by atoms with Crippen LogP contribution in [0.1, 0.15) is 24.5 Å². The lowest BCUT2D eigenvalue weighted by atomic mass is 10.2. The molecule has 0 fully saturated rings. The van der Waals surface area contributed by atoms with Crippen LogP contribution in [0.3, 0.4) is 0 Å². The summed E-state index contributed by atoms with van der Waals surface area (Å²) >= 11 is 0. The maximum absolute atomic E-state index is 13.3. The highest BCUT2D eigenvalue weighted by Gasteiger charge is 2.25. The first-order valence-corrected chi connectivity index (χ1v) is 11.7. The molecule has 0 spiro atoms. The van der Waals surface area contributed by atoms with Gasteiger partial charge in [0.05, 0.1) is 17.9 Å². The first kappa shape index (κ1) is 23.4. The van der Waals surface area contributed by atoms with E-state index in [4.69, 9.17) is 9.47 Å². The van der Waals surface area contributed by atoms with Gasteiger partial charge in [0, 0.05) is 25.5 Å². The molecule has 0 N–H and O–H groups in total. The van der Waals surface area contributed by atoms with Gasteiger partial charge in [-0.1, -0.05) is 36.4 Å². The summed E-state index contributed by atoms with van der Waals surface area (Å²) in [7, 11) is -3.85. The maximum atomic E-state index is 13.3. The second kappa shape index (κ2) is 11.4. The van der Waals surface area contributed by atoms with E-state index in [1.807, 2.05) is 30.3 Å². The second-order valence-corrected chi connectivity index (χ2v) is 8.94. The predicted molar refractivity (Wildman–Crippen MR) is 120 cm³/mol.